The SMILES string of the molecule is COC(=O)c1ccc(C(=O)NCCCSc2ccccc2)s1. The number of nitrogens with one attached hydrogen (secondary N) is 1. The number of rotatable bonds is 7. The lowest BCUT2D eigenvalue weighted by atomic mass is 10.4. The van der Waals surface area contributed by atoms with Crippen LogP contribution in [0.4, 0.5) is 0 Å². The summed E-state index contributed by atoms with van der Waals surface area (Å²) in [6.45, 7) is 0.615. The molecular weight excluding hydrogens is 318 g/mol. The first kappa shape index (κ1) is 16.6. The molecule has 0 radical (unpaired) electrons. The van der Waals surface area contributed by atoms with E-state index in [0.29, 0.717) is 16.3 Å². The van der Waals surface area contributed by atoms with Gasteiger partial charge in [-0.25, -0.2) is 4.79 Å². The molecular formula is C16H17NO3S2. The largest absolute Gasteiger partial charge is 0.465 e. The van der Waals surface area contributed by atoms with Gasteiger partial charge in [-0.15, -0.1) is 23.1 Å². The topological polar surface area (TPSA) is 55.4 Å². The van der Waals surface area contributed by atoms with Gasteiger partial charge >= 0.3 is 5.97 Å². The van der Waals surface area contributed by atoms with E-state index in [-0.39, 0.29) is 5.91 Å². The summed E-state index contributed by atoms with van der Waals surface area (Å²) in [5.74, 6) is 0.385. The van der Waals surface area contributed by atoms with E-state index in [1.807, 2.05) is 18.2 Å². The smallest absolute Gasteiger partial charge is 0.348 e. The Morgan fingerprint density at radius 3 is 2.59 bits per heavy atom. The molecule has 1 aromatic heterocycles. The number of ether oxygens (including phenoxy) is 1. The highest BCUT2D eigenvalue weighted by atomic mass is 32.2. The Hall–Kier alpha value is -1.79. The van der Waals surface area contributed by atoms with Gasteiger partial charge in [0.2, 0.25) is 0 Å². The van der Waals surface area contributed by atoms with Gasteiger partial charge in [0.05, 0.1) is 12.0 Å². The van der Waals surface area contributed by atoms with Crippen LogP contribution in [0.25, 0.3) is 0 Å². The number of carbonyl (C=O) groups is 2. The van der Waals surface area contributed by atoms with Gasteiger partial charge in [-0.2, -0.15) is 0 Å². The molecule has 1 aromatic carbocycles. The minimum atomic E-state index is -0.414. The van der Waals surface area contributed by atoms with Crippen molar-refractivity contribution in [2.45, 2.75) is 11.3 Å². The second-order valence-electron chi connectivity index (χ2n) is 4.43. The van der Waals surface area contributed by atoms with Crippen molar-refractivity contribution in [3.63, 3.8) is 0 Å². The van der Waals surface area contributed by atoms with Crippen LogP contribution in [-0.4, -0.2) is 31.3 Å². The molecule has 1 heterocycles. The Morgan fingerprint density at radius 1 is 1.14 bits per heavy atom. The average molecular weight is 335 g/mol. The maximum absolute atomic E-state index is 11.9. The number of carbonyl (C=O) groups excluding carboxylic acids is 2. The van der Waals surface area contributed by atoms with E-state index in [2.05, 4.69) is 22.2 Å². The van der Waals surface area contributed by atoms with Crippen molar-refractivity contribution in [3.8, 4) is 0 Å². The molecule has 4 nitrogen and oxygen atoms in total. The molecule has 0 spiro atoms. The van der Waals surface area contributed by atoms with E-state index in [9.17, 15) is 9.59 Å². The first-order valence-electron chi connectivity index (χ1n) is 6.85. The highest BCUT2D eigenvalue weighted by Gasteiger charge is 2.13. The Labute approximate surface area is 137 Å². The van der Waals surface area contributed by atoms with Crippen LogP contribution in [0.2, 0.25) is 0 Å². The van der Waals surface area contributed by atoms with Crippen LogP contribution in [0.3, 0.4) is 0 Å². The van der Waals surface area contributed by atoms with Crippen molar-refractivity contribution >= 4 is 35.0 Å². The van der Waals surface area contributed by atoms with Gasteiger partial charge in [-0.3, -0.25) is 4.79 Å². The van der Waals surface area contributed by atoms with Crippen molar-refractivity contribution in [1.82, 2.24) is 5.32 Å². The fraction of sp³-hybridized carbons (Fsp3) is 0.250. The Morgan fingerprint density at radius 2 is 1.86 bits per heavy atom. The lowest BCUT2D eigenvalue weighted by Crippen LogP contribution is -2.23. The molecule has 116 valence electrons. The van der Waals surface area contributed by atoms with Crippen molar-refractivity contribution < 1.29 is 14.3 Å². The molecule has 0 saturated carbocycles. The Balaban J connectivity index is 1.69. The quantitative estimate of drug-likeness (QED) is 0.478. The molecule has 0 saturated heterocycles. The summed E-state index contributed by atoms with van der Waals surface area (Å²) < 4.78 is 4.62. The van der Waals surface area contributed by atoms with Crippen molar-refractivity contribution in [3.05, 3.63) is 52.2 Å². The summed E-state index contributed by atoms with van der Waals surface area (Å²) in [5.41, 5.74) is 0. The van der Waals surface area contributed by atoms with Crippen LogP contribution in [-0.2, 0) is 4.74 Å². The predicted octanol–water partition coefficient (Wildman–Crippen LogP) is 3.45. The highest BCUT2D eigenvalue weighted by Crippen LogP contribution is 2.18. The van der Waals surface area contributed by atoms with Crippen molar-refractivity contribution in [2.24, 2.45) is 0 Å². The van der Waals surface area contributed by atoms with Gasteiger partial charge in [0.25, 0.3) is 5.91 Å². The molecule has 6 heteroatoms. The Bertz CT molecular complexity index is 625. The lowest BCUT2D eigenvalue weighted by Gasteiger charge is -2.04. The minimum absolute atomic E-state index is 0.148. The minimum Gasteiger partial charge on any atom is -0.465 e. The van der Waals surface area contributed by atoms with Crippen LogP contribution in [0.5, 0.6) is 0 Å². The maximum Gasteiger partial charge on any atom is 0.348 e. The third-order valence-electron chi connectivity index (χ3n) is 2.83. The molecule has 2 rings (SSSR count). The molecule has 0 fully saturated rings. The molecule has 0 aliphatic heterocycles. The number of amides is 1. The molecule has 0 atom stereocenters. The van der Waals surface area contributed by atoms with E-state index >= 15 is 0 Å². The summed E-state index contributed by atoms with van der Waals surface area (Å²) in [4.78, 5) is 25.5. The molecule has 0 aliphatic carbocycles. The molecule has 2 aromatic rings. The van der Waals surface area contributed by atoms with Crippen LogP contribution >= 0.6 is 23.1 Å². The highest BCUT2D eigenvalue weighted by molar-refractivity contribution is 7.99. The van der Waals surface area contributed by atoms with Crippen LogP contribution in [0.15, 0.2) is 47.4 Å². The fourth-order valence-corrected chi connectivity index (χ4v) is 3.45. The van der Waals surface area contributed by atoms with E-state index in [1.54, 1.807) is 23.9 Å². The second-order valence-corrected chi connectivity index (χ2v) is 6.68. The van der Waals surface area contributed by atoms with Gasteiger partial charge in [-0.05, 0) is 36.4 Å². The third-order valence-corrected chi connectivity index (χ3v) is 5.00. The van der Waals surface area contributed by atoms with Crippen LogP contribution in [0.1, 0.15) is 25.8 Å². The predicted molar refractivity (Wildman–Crippen MR) is 89.8 cm³/mol. The summed E-state index contributed by atoms with van der Waals surface area (Å²) in [5, 5.41) is 2.86. The van der Waals surface area contributed by atoms with Crippen molar-refractivity contribution in [1.29, 1.82) is 0 Å². The number of thioether (sulfide) groups is 1. The van der Waals surface area contributed by atoms with Gasteiger partial charge in [-0.1, -0.05) is 18.2 Å². The molecule has 1 N–H and O–H groups in total. The van der Waals surface area contributed by atoms with E-state index in [1.165, 1.54) is 12.0 Å². The number of benzene rings is 1. The van der Waals surface area contributed by atoms with Gasteiger partial charge in [0.15, 0.2) is 0 Å². The van der Waals surface area contributed by atoms with Crippen molar-refractivity contribution in [2.75, 3.05) is 19.4 Å². The van der Waals surface area contributed by atoms with Crippen LogP contribution in [0, 0.1) is 0 Å². The normalized spacial score (nSPS) is 10.2. The maximum atomic E-state index is 11.9. The zero-order valence-electron chi connectivity index (χ0n) is 12.2. The number of esters is 1. The molecule has 0 aliphatic rings. The average Bonchev–Trinajstić information content (AvgIpc) is 3.04. The first-order chi connectivity index (χ1) is 10.7. The second kappa shape index (κ2) is 8.60. The summed E-state index contributed by atoms with van der Waals surface area (Å²) in [6.07, 6.45) is 0.889. The monoisotopic (exact) mass is 335 g/mol. The van der Waals surface area contributed by atoms with Gasteiger partial charge in [0, 0.05) is 11.4 Å². The molecule has 22 heavy (non-hydrogen) atoms. The zero-order chi connectivity index (χ0) is 15.8. The molecule has 0 bridgehead atoms. The number of hydrogen-bond acceptors (Lipinski definition) is 5. The Kier molecular flexibility index (Phi) is 6.48. The van der Waals surface area contributed by atoms with E-state index < -0.39 is 5.97 Å². The first-order valence-corrected chi connectivity index (χ1v) is 8.65. The number of thiophene rings is 1. The summed E-state index contributed by atoms with van der Waals surface area (Å²) in [7, 11) is 1.33. The fourth-order valence-electron chi connectivity index (χ4n) is 1.74. The lowest BCUT2D eigenvalue weighted by molar-refractivity contribution is 0.0606. The van der Waals surface area contributed by atoms with E-state index in [0.717, 1.165) is 23.5 Å². The van der Waals surface area contributed by atoms with Gasteiger partial charge in [0.1, 0.15) is 4.88 Å². The standard InChI is InChI=1S/C16H17NO3S2/c1-20-16(19)14-9-8-13(22-14)15(18)17-10-5-11-21-12-6-3-2-4-7-12/h2-4,6-9H,5,10-11H2,1H3,(H,17,18). The number of hydrogen-bond donors (Lipinski definition) is 1. The van der Waals surface area contributed by atoms with E-state index in [4.69, 9.17) is 0 Å². The molecule has 0 unspecified atom stereocenters. The van der Waals surface area contributed by atoms with Crippen LogP contribution < -0.4 is 5.32 Å². The third kappa shape index (κ3) is 4.89. The summed E-state index contributed by atoms with van der Waals surface area (Å²) >= 11 is 2.91. The number of methoxy groups -OCH3 is 1. The molecule has 1 amide bonds. The zero-order valence-corrected chi connectivity index (χ0v) is 13.8. The summed E-state index contributed by atoms with van der Waals surface area (Å²) in [6, 6.07) is 13.4. The van der Waals surface area contributed by atoms with Gasteiger partial charge < -0.3 is 10.1 Å².